The number of carbonyl (C=O) groups is 2. The van der Waals surface area contributed by atoms with Crippen LogP contribution < -0.4 is 5.32 Å². The number of nitrogens with one attached hydrogen (secondary N) is 1. The van der Waals surface area contributed by atoms with Gasteiger partial charge in [0.25, 0.3) is 0 Å². The van der Waals surface area contributed by atoms with Gasteiger partial charge in [-0.1, -0.05) is 59.6 Å². The zero-order chi connectivity index (χ0) is 28.3. The van der Waals surface area contributed by atoms with E-state index in [2.05, 4.69) is 10.3 Å². The fourth-order valence-electron chi connectivity index (χ4n) is 4.17. The first-order valence-electron chi connectivity index (χ1n) is 12.3. The smallest absolute Gasteiger partial charge is 0.407 e. The topological polar surface area (TPSA) is 103 Å². The zero-order valence-corrected chi connectivity index (χ0v) is 23.6. The van der Waals surface area contributed by atoms with Crippen molar-refractivity contribution >= 4 is 46.2 Å². The fourth-order valence-corrected chi connectivity index (χ4v) is 4.67. The summed E-state index contributed by atoms with van der Waals surface area (Å²) in [7, 11) is 0. The maximum Gasteiger partial charge on any atom is 0.407 e. The van der Waals surface area contributed by atoms with Crippen LogP contribution in [0.1, 0.15) is 42.4 Å². The summed E-state index contributed by atoms with van der Waals surface area (Å²) in [4.78, 5) is 30.1. The van der Waals surface area contributed by atoms with Crippen molar-refractivity contribution in [2.24, 2.45) is 0 Å². The lowest BCUT2D eigenvalue weighted by molar-refractivity contribution is 0.0470. The lowest BCUT2D eigenvalue weighted by Gasteiger charge is -2.19. The van der Waals surface area contributed by atoms with Crippen molar-refractivity contribution in [3.05, 3.63) is 81.6 Å². The number of halogens is 2. The van der Waals surface area contributed by atoms with Crippen LogP contribution in [-0.4, -0.2) is 38.9 Å². The molecule has 2 aromatic heterocycles. The van der Waals surface area contributed by atoms with Crippen LogP contribution in [0.3, 0.4) is 0 Å². The second kappa shape index (κ2) is 11.6. The molecule has 2 N–H and O–H groups in total. The van der Waals surface area contributed by atoms with Crippen molar-refractivity contribution in [2.75, 3.05) is 6.54 Å². The van der Waals surface area contributed by atoms with Gasteiger partial charge in [0, 0.05) is 40.5 Å². The van der Waals surface area contributed by atoms with Crippen LogP contribution >= 0.6 is 23.2 Å². The van der Waals surface area contributed by atoms with Gasteiger partial charge in [-0.2, -0.15) is 0 Å². The van der Waals surface area contributed by atoms with Crippen LogP contribution in [0.2, 0.25) is 10.0 Å². The predicted octanol–water partition coefficient (Wildman–Crippen LogP) is 6.91. The van der Waals surface area contributed by atoms with E-state index in [1.54, 1.807) is 56.7 Å². The van der Waals surface area contributed by atoms with E-state index in [4.69, 9.17) is 32.7 Å². The molecule has 0 fully saturated rings. The highest BCUT2D eigenvalue weighted by Crippen LogP contribution is 2.42. The molecule has 10 heteroatoms. The average Bonchev–Trinajstić information content (AvgIpc) is 3.16. The van der Waals surface area contributed by atoms with Crippen molar-refractivity contribution in [2.45, 2.75) is 46.4 Å². The quantitative estimate of drug-likeness (QED) is 0.234. The molecule has 2 aromatic carbocycles. The molecule has 0 aliphatic carbocycles. The summed E-state index contributed by atoms with van der Waals surface area (Å²) in [5.41, 5.74) is 2.11. The van der Waals surface area contributed by atoms with Crippen LogP contribution in [0.25, 0.3) is 22.0 Å². The van der Waals surface area contributed by atoms with Crippen LogP contribution in [0, 0.1) is 6.92 Å². The first-order chi connectivity index (χ1) is 18.4. The summed E-state index contributed by atoms with van der Waals surface area (Å²) in [6, 6.07) is 14.2. The van der Waals surface area contributed by atoms with Gasteiger partial charge in [-0.3, -0.25) is 4.98 Å². The first-order valence-corrected chi connectivity index (χ1v) is 13.1. The molecule has 0 radical (unpaired) electrons. The lowest BCUT2D eigenvalue weighted by atomic mass is 9.95. The molecule has 1 amide bonds. The second-order valence-corrected chi connectivity index (χ2v) is 10.8. The Hall–Kier alpha value is -3.75. The molecule has 0 saturated carbocycles. The second-order valence-electron chi connectivity index (χ2n) is 9.97. The molecule has 0 spiro atoms. The van der Waals surface area contributed by atoms with Crippen molar-refractivity contribution < 1.29 is 24.2 Å². The summed E-state index contributed by atoms with van der Waals surface area (Å²) in [5, 5.41) is 15.0. The number of benzene rings is 2. The van der Waals surface area contributed by atoms with E-state index >= 15 is 0 Å². The van der Waals surface area contributed by atoms with Gasteiger partial charge in [-0.25, -0.2) is 9.59 Å². The summed E-state index contributed by atoms with van der Waals surface area (Å²) in [6.07, 6.45) is 1.09. The van der Waals surface area contributed by atoms with E-state index in [9.17, 15) is 14.7 Å². The molecule has 0 aliphatic rings. The maximum atomic E-state index is 13.5. The molecular formula is C29H29Cl2N3O5. The Morgan fingerprint density at radius 1 is 1.10 bits per heavy atom. The predicted molar refractivity (Wildman–Crippen MR) is 151 cm³/mol. The summed E-state index contributed by atoms with van der Waals surface area (Å²) in [6.45, 7) is 7.50. The highest BCUT2D eigenvalue weighted by Gasteiger charge is 2.27. The molecule has 204 valence electrons. The Bertz CT molecular complexity index is 1530. The van der Waals surface area contributed by atoms with Crippen LogP contribution in [0.15, 0.2) is 54.7 Å². The third kappa shape index (κ3) is 6.64. The minimum Gasteiger partial charge on any atom is -0.494 e. The Morgan fingerprint density at radius 3 is 2.49 bits per heavy atom. The van der Waals surface area contributed by atoms with Gasteiger partial charge in [-0.05, 0) is 45.4 Å². The molecule has 0 atom stereocenters. The maximum absolute atomic E-state index is 13.5. The number of ether oxygens (including phenoxy) is 2. The zero-order valence-electron chi connectivity index (χ0n) is 22.0. The number of fused-ring (bicyclic) bond motifs is 1. The summed E-state index contributed by atoms with van der Waals surface area (Å²) in [5.74, 6) is -0.743. The molecule has 4 aromatic rings. The Morgan fingerprint density at radius 2 is 1.82 bits per heavy atom. The van der Waals surface area contributed by atoms with E-state index < -0.39 is 17.7 Å². The molecule has 0 saturated heterocycles. The normalized spacial score (nSPS) is 11.4. The highest BCUT2D eigenvalue weighted by molar-refractivity contribution is 6.37. The number of pyridine rings is 1. The third-order valence-corrected chi connectivity index (χ3v) is 6.37. The standard InChI is InChI=1S/C29H29Cl2N3O5/c1-17-23(27(36)38-16-18-8-6-5-7-9-18)24(20-11-10-19(30)14-21(20)31)25-22(33-17)15-34(26(25)35)13-12-32-28(37)39-29(2,3)4/h5-11,14-15,35H,12-13,16H2,1-4H3,(H,32,37). The van der Waals surface area contributed by atoms with Crippen LogP contribution in [-0.2, 0) is 22.6 Å². The van der Waals surface area contributed by atoms with E-state index in [1.165, 1.54) is 0 Å². The fraction of sp³-hybridized carbons (Fsp3) is 0.276. The molecule has 0 aliphatic heterocycles. The van der Waals surface area contributed by atoms with Crippen LogP contribution in [0.5, 0.6) is 5.88 Å². The number of esters is 1. The van der Waals surface area contributed by atoms with Gasteiger partial charge >= 0.3 is 12.1 Å². The van der Waals surface area contributed by atoms with Gasteiger partial charge in [0.05, 0.1) is 22.2 Å². The Balaban J connectivity index is 1.75. The van der Waals surface area contributed by atoms with Gasteiger partial charge in [-0.15, -0.1) is 0 Å². The largest absolute Gasteiger partial charge is 0.494 e. The average molecular weight is 570 g/mol. The molecule has 0 bridgehead atoms. The number of rotatable bonds is 7. The van der Waals surface area contributed by atoms with Crippen molar-refractivity contribution in [1.29, 1.82) is 0 Å². The number of carbonyl (C=O) groups excluding carboxylic acids is 2. The van der Waals surface area contributed by atoms with Crippen molar-refractivity contribution in [3.8, 4) is 17.0 Å². The van der Waals surface area contributed by atoms with Crippen molar-refractivity contribution in [1.82, 2.24) is 14.9 Å². The first kappa shape index (κ1) is 28.3. The molecule has 8 nitrogen and oxygen atoms in total. The Labute approximate surface area is 236 Å². The number of hydrogen-bond donors (Lipinski definition) is 2. The number of aromatic hydroxyl groups is 1. The van der Waals surface area contributed by atoms with E-state index in [1.807, 2.05) is 30.3 Å². The van der Waals surface area contributed by atoms with E-state index in [0.717, 1.165) is 5.56 Å². The molecule has 0 unspecified atom stereocenters. The number of aryl methyl sites for hydroxylation is 1. The monoisotopic (exact) mass is 569 g/mol. The molecule has 4 rings (SSSR count). The lowest BCUT2D eigenvalue weighted by Crippen LogP contribution is -2.34. The molecule has 2 heterocycles. The van der Waals surface area contributed by atoms with Crippen molar-refractivity contribution in [3.63, 3.8) is 0 Å². The highest BCUT2D eigenvalue weighted by atomic mass is 35.5. The number of hydrogen-bond acceptors (Lipinski definition) is 6. The van der Waals surface area contributed by atoms with E-state index in [0.29, 0.717) is 37.8 Å². The number of aromatic nitrogens is 2. The number of amides is 1. The van der Waals surface area contributed by atoms with Gasteiger partial charge in [0.15, 0.2) is 0 Å². The molecular weight excluding hydrogens is 541 g/mol. The summed E-state index contributed by atoms with van der Waals surface area (Å²) >= 11 is 12.7. The SMILES string of the molecule is Cc1nc2cn(CCNC(=O)OC(C)(C)C)c(O)c2c(-c2ccc(Cl)cc2Cl)c1C(=O)OCc1ccccc1. The minimum atomic E-state index is -0.631. The van der Waals surface area contributed by atoms with Gasteiger partial charge in [0.1, 0.15) is 12.2 Å². The third-order valence-electron chi connectivity index (χ3n) is 5.82. The minimum absolute atomic E-state index is 0.0638. The van der Waals surface area contributed by atoms with Crippen LogP contribution in [0.4, 0.5) is 4.79 Å². The Kier molecular flexibility index (Phi) is 8.37. The summed E-state index contributed by atoms with van der Waals surface area (Å²) < 4.78 is 12.5. The molecule has 39 heavy (non-hydrogen) atoms. The number of nitrogens with zero attached hydrogens (tertiary/aromatic N) is 2. The van der Waals surface area contributed by atoms with Gasteiger partial charge in [0.2, 0.25) is 5.88 Å². The van der Waals surface area contributed by atoms with Gasteiger partial charge < -0.3 is 24.5 Å². The number of alkyl carbamates (subject to hydrolysis) is 1. The van der Waals surface area contributed by atoms with E-state index in [-0.39, 0.29) is 31.1 Å².